The van der Waals surface area contributed by atoms with Crippen molar-refractivity contribution in [2.75, 3.05) is 13.1 Å². The largest absolute Gasteiger partial charge is 0.336 e. The highest BCUT2D eigenvalue weighted by Crippen LogP contribution is 2.25. The van der Waals surface area contributed by atoms with Crippen molar-refractivity contribution >= 4 is 17.8 Å². The molecular formula is C14H12N4O3. The average molecular weight is 284 g/mol. The molecule has 0 aliphatic carbocycles. The van der Waals surface area contributed by atoms with E-state index in [9.17, 15) is 14.4 Å². The second kappa shape index (κ2) is 4.59. The van der Waals surface area contributed by atoms with Crippen molar-refractivity contribution in [3.8, 4) is 6.07 Å². The van der Waals surface area contributed by atoms with Crippen LogP contribution in [0.25, 0.3) is 0 Å². The highest BCUT2D eigenvalue weighted by Gasteiger charge is 2.51. The number of nitrogens with one attached hydrogen (secondary N) is 2. The van der Waals surface area contributed by atoms with E-state index < -0.39 is 11.6 Å². The molecule has 7 nitrogen and oxygen atoms in total. The minimum atomic E-state index is -1.00. The van der Waals surface area contributed by atoms with Gasteiger partial charge < -0.3 is 10.2 Å². The predicted molar refractivity (Wildman–Crippen MR) is 71.1 cm³/mol. The Morgan fingerprint density at radius 2 is 2.00 bits per heavy atom. The highest BCUT2D eigenvalue weighted by molar-refractivity contribution is 6.08. The number of likely N-dealkylation sites (tertiary alicyclic amines) is 1. The lowest BCUT2D eigenvalue weighted by Crippen LogP contribution is -2.49. The van der Waals surface area contributed by atoms with E-state index in [4.69, 9.17) is 5.26 Å². The topological polar surface area (TPSA) is 102 Å². The number of urea groups is 1. The quantitative estimate of drug-likeness (QED) is 0.707. The van der Waals surface area contributed by atoms with Gasteiger partial charge in [-0.3, -0.25) is 14.9 Å². The summed E-state index contributed by atoms with van der Waals surface area (Å²) in [6, 6.07) is 7.78. The fourth-order valence-electron chi connectivity index (χ4n) is 2.67. The van der Waals surface area contributed by atoms with Gasteiger partial charge in [0.1, 0.15) is 5.54 Å². The van der Waals surface area contributed by atoms with Crippen LogP contribution in [-0.2, 0) is 4.79 Å². The zero-order valence-electron chi connectivity index (χ0n) is 11.0. The molecule has 1 spiro atoms. The molecule has 2 aliphatic rings. The van der Waals surface area contributed by atoms with Gasteiger partial charge in [-0.25, -0.2) is 4.79 Å². The van der Waals surface area contributed by atoms with Gasteiger partial charge in [0.15, 0.2) is 0 Å². The van der Waals surface area contributed by atoms with E-state index in [1.807, 2.05) is 6.07 Å². The van der Waals surface area contributed by atoms with Crippen LogP contribution in [0.1, 0.15) is 22.3 Å². The number of benzene rings is 1. The van der Waals surface area contributed by atoms with Crippen molar-refractivity contribution < 1.29 is 14.4 Å². The summed E-state index contributed by atoms with van der Waals surface area (Å²) in [5, 5.41) is 13.5. The molecule has 3 rings (SSSR count). The normalized spacial score (nSPS) is 23.9. The minimum Gasteiger partial charge on any atom is -0.336 e. The average Bonchev–Trinajstić information content (AvgIpc) is 3.03. The third-order valence-corrected chi connectivity index (χ3v) is 3.83. The standard InChI is InChI=1S/C14H12N4O3/c15-7-9-1-3-10(4-2-9)11(19)18-6-5-14(8-18)12(20)16-13(21)17-14/h1-4H,5-6,8H2,(H2,16,17,20,21). The van der Waals surface area contributed by atoms with E-state index in [-0.39, 0.29) is 18.4 Å². The van der Waals surface area contributed by atoms with Gasteiger partial charge in [-0.05, 0) is 30.7 Å². The maximum atomic E-state index is 12.4. The summed E-state index contributed by atoms with van der Waals surface area (Å²) in [4.78, 5) is 37.0. The van der Waals surface area contributed by atoms with E-state index in [1.54, 1.807) is 24.3 Å². The molecular weight excluding hydrogens is 272 g/mol. The number of nitrogens with zero attached hydrogens (tertiary/aromatic N) is 2. The Balaban J connectivity index is 1.77. The Morgan fingerprint density at radius 3 is 2.57 bits per heavy atom. The fraction of sp³-hybridized carbons (Fsp3) is 0.286. The lowest BCUT2D eigenvalue weighted by molar-refractivity contribution is -0.123. The molecule has 2 saturated heterocycles. The fourth-order valence-corrected chi connectivity index (χ4v) is 2.67. The molecule has 2 N–H and O–H groups in total. The number of carbonyl (C=O) groups excluding carboxylic acids is 3. The van der Waals surface area contributed by atoms with Crippen LogP contribution in [-0.4, -0.2) is 41.4 Å². The molecule has 4 amide bonds. The maximum absolute atomic E-state index is 12.4. The second-order valence-electron chi connectivity index (χ2n) is 5.16. The Hall–Kier alpha value is -2.88. The van der Waals surface area contributed by atoms with Crippen molar-refractivity contribution in [3.05, 3.63) is 35.4 Å². The molecule has 2 fully saturated rings. The summed E-state index contributed by atoms with van der Waals surface area (Å²) in [6.45, 7) is 0.552. The van der Waals surface area contributed by atoms with Crippen LogP contribution in [0.15, 0.2) is 24.3 Å². The molecule has 0 radical (unpaired) electrons. The van der Waals surface area contributed by atoms with Gasteiger partial charge in [0, 0.05) is 12.1 Å². The zero-order chi connectivity index (χ0) is 15.0. The van der Waals surface area contributed by atoms with Gasteiger partial charge in [0.05, 0.1) is 18.2 Å². The van der Waals surface area contributed by atoms with Crippen LogP contribution in [0.4, 0.5) is 4.79 Å². The summed E-state index contributed by atoms with van der Waals surface area (Å²) >= 11 is 0. The SMILES string of the molecule is N#Cc1ccc(C(=O)N2CCC3(C2)NC(=O)NC3=O)cc1. The van der Waals surface area contributed by atoms with E-state index in [2.05, 4.69) is 10.6 Å². The third-order valence-electron chi connectivity index (χ3n) is 3.83. The van der Waals surface area contributed by atoms with Gasteiger partial charge in [0.2, 0.25) is 0 Å². The number of imide groups is 1. The number of rotatable bonds is 1. The predicted octanol–water partition coefficient (Wildman–Crippen LogP) is -0.0176. The molecule has 0 bridgehead atoms. The molecule has 1 aromatic carbocycles. The van der Waals surface area contributed by atoms with Crippen molar-refractivity contribution in [1.82, 2.24) is 15.5 Å². The molecule has 1 unspecified atom stereocenters. The van der Waals surface area contributed by atoms with Gasteiger partial charge in [-0.2, -0.15) is 5.26 Å². The van der Waals surface area contributed by atoms with Crippen LogP contribution in [0.3, 0.4) is 0 Å². The number of carbonyl (C=O) groups is 3. The lowest BCUT2D eigenvalue weighted by atomic mass is 9.99. The molecule has 106 valence electrons. The van der Waals surface area contributed by atoms with Gasteiger partial charge in [0.25, 0.3) is 11.8 Å². The summed E-state index contributed by atoms with van der Waals surface area (Å²) < 4.78 is 0. The molecule has 0 aromatic heterocycles. The monoisotopic (exact) mass is 284 g/mol. The Kier molecular flexibility index (Phi) is 2.87. The molecule has 7 heteroatoms. The van der Waals surface area contributed by atoms with Gasteiger partial charge >= 0.3 is 6.03 Å². The molecule has 21 heavy (non-hydrogen) atoms. The highest BCUT2D eigenvalue weighted by atomic mass is 16.2. The van der Waals surface area contributed by atoms with E-state index in [1.165, 1.54) is 4.90 Å². The Labute approximate surface area is 120 Å². The van der Waals surface area contributed by atoms with Crippen molar-refractivity contribution in [1.29, 1.82) is 5.26 Å². The van der Waals surface area contributed by atoms with Crippen LogP contribution in [0.2, 0.25) is 0 Å². The zero-order valence-corrected chi connectivity index (χ0v) is 11.0. The molecule has 1 aromatic rings. The van der Waals surface area contributed by atoms with Gasteiger partial charge in [-0.1, -0.05) is 0 Å². The van der Waals surface area contributed by atoms with Gasteiger partial charge in [-0.15, -0.1) is 0 Å². The summed E-state index contributed by atoms with van der Waals surface area (Å²) in [5.41, 5.74) is -0.0676. The maximum Gasteiger partial charge on any atom is 0.322 e. The van der Waals surface area contributed by atoms with Crippen LogP contribution >= 0.6 is 0 Å². The van der Waals surface area contributed by atoms with Crippen LogP contribution in [0.5, 0.6) is 0 Å². The lowest BCUT2D eigenvalue weighted by Gasteiger charge is -2.21. The van der Waals surface area contributed by atoms with E-state index in [0.717, 1.165) is 0 Å². The first-order valence-electron chi connectivity index (χ1n) is 6.47. The minimum absolute atomic E-state index is 0.156. The van der Waals surface area contributed by atoms with Crippen LogP contribution in [0, 0.1) is 11.3 Å². The Bertz CT molecular complexity index is 676. The Morgan fingerprint density at radius 1 is 1.29 bits per heavy atom. The van der Waals surface area contributed by atoms with Crippen molar-refractivity contribution in [2.45, 2.75) is 12.0 Å². The first-order chi connectivity index (χ1) is 10.0. The third kappa shape index (κ3) is 2.10. The smallest absolute Gasteiger partial charge is 0.322 e. The van der Waals surface area contributed by atoms with E-state index >= 15 is 0 Å². The molecule has 2 aliphatic heterocycles. The summed E-state index contributed by atoms with van der Waals surface area (Å²) in [5.74, 6) is -0.604. The number of hydrogen-bond acceptors (Lipinski definition) is 4. The number of amides is 4. The number of nitriles is 1. The summed E-state index contributed by atoms with van der Waals surface area (Å²) in [6.07, 6.45) is 0.395. The second-order valence-corrected chi connectivity index (χ2v) is 5.16. The molecule has 1 atom stereocenters. The number of hydrogen-bond donors (Lipinski definition) is 2. The van der Waals surface area contributed by atoms with Crippen LogP contribution < -0.4 is 10.6 Å². The molecule has 2 heterocycles. The first kappa shape index (κ1) is 13.1. The molecule has 0 saturated carbocycles. The van der Waals surface area contributed by atoms with Crippen molar-refractivity contribution in [2.24, 2.45) is 0 Å². The van der Waals surface area contributed by atoms with Crippen molar-refractivity contribution in [3.63, 3.8) is 0 Å². The first-order valence-corrected chi connectivity index (χ1v) is 6.47. The van der Waals surface area contributed by atoms with E-state index in [0.29, 0.717) is 24.1 Å². The summed E-state index contributed by atoms with van der Waals surface area (Å²) in [7, 11) is 0.